The second-order valence-electron chi connectivity index (χ2n) is 9.21. The highest BCUT2D eigenvalue weighted by Gasteiger charge is 2.19. The molecule has 0 aliphatic carbocycles. The number of aliphatic hydroxyl groups is 2. The number of ether oxygens (including phenoxy) is 1. The minimum Gasteiger partial charge on any atom is -0.490 e. The number of benzene rings is 3. The number of rotatable bonds is 9. The maximum atomic E-state index is 13.4. The first kappa shape index (κ1) is 26.0. The number of hydrogen-bond acceptors (Lipinski definition) is 4. The summed E-state index contributed by atoms with van der Waals surface area (Å²) < 4.78 is 5.90. The van der Waals surface area contributed by atoms with E-state index >= 15 is 0 Å². The quantitative estimate of drug-likeness (QED) is 0.261. The largest absolute Gasteiger partial charge is 0.490 e. The van der Waals surface area contributed by atoms with Gasteiger partial charge in [0.2, 0.25) is 0 Å². The molecule has 1 atom stereocenters. The van der Waals surface area contributed by atoms with Gasteiger partial charge in [0.05, 0.1) is 24.3 Å². The lowest BCUT2D eigenvalue weighted by atomic mass is 10.0. The molecule has 0 bridgehead atoms. The number of para-hydroxylation sites is 1. The molecule has 190 valence electrons. The van der Waals surface area contributed by atoms with Crippen LogP contribution >= 0.6 is 0 Å². The maximum Gasteiger partial charge on any atom is 0.255 e. The van der Waals surface area contributed by atoms with Crippen LogP contribution in [0, 0.1) is 11.8 Å². The van der Waals surface area contributed by atoms with Gasteiger partial charge in [0.25, 0.3) is 5.91 Å². The van der Waals surface area contributed by atoms with Crippen molar-refractivity contribution in [2.24, 2.45) is 0 Å². The summed E-state index contributed by atoms with van der Waals surface area (Å²) in [4.78, 5) is 16.6. The third-order valence-corrected chi connectivity index (χ3v) is 5.99. The summed E-state index contributed by atoms with van der Waals surface area (Å²) in [6.07, 6.45) is 2.90. The van der Waals surface area contributed by atoms with Crippen molar-refractivity contribution in [1.82, 2.24) is 10.3 Å². The molecule has 0 aliphatic rings. The number of carbonyl (C=O) groups is 1. The molecule has 0 radical (unpaired) electrons. The Balaban J connectivity index is 1.55. The molecule has 4 rings (SSSR count). The van der Waals surface area contributed by atoms with E-state index in [1.807, 2.05) is 74.6 Å². The SMILES string of the molecule is CC(C)Oc1ccc(C#Cc2ccc(CCO)cc2)cc1C(=O)N[C@@H](CO)Cc1c[nH]c2ccccc12. The Kier molecular flexibility index (Phi) is 8.63. The first-order chi connectivity index (χ1) is 18.0. The lowest BCUT2D eigenvalue weighted by Crippen LogP contribution is -2.39. The molecule has 37 heavy (non-hydrogen) atoms. The van der Waals surface area contributed by atoms with Crippen LogP contribution in [0.25, 0.3) is 10.9 Å². The van der Waals surface area contributed by atoms with Gasteiger partial charge in [0, 0.05) is 34.8 Å². The van der Waals surface area contributed by atoms with Gasteiger partial charge in [-0.2, -0.15) is 0 Å². The Hall–Kier alpha value is -4.05. The van der Waals surface area contributed by atoms with Crippen LogP contribution in [-0.4, -0.2) is 46.5 Å². The summed E-state index contributed by atoms with van der Waals surface area (Å²) in [5, 5.41) is 23.1. The number of carbonyl (C=O) groups excluding carboxylic acids is 1. The number of nitrogens with one attached hydrogen (secondary N) is 2. The van der Waals surface area contributed by atoms with E-state index < -0.39 is 6.04 Å². The van der Waals surface area contributed by atoms with E-state index in [0.717, 1.165) is 27.6 Å². The molecule has 0 unspecified atom stereocenters. The summed E-state index contributed by atoms with van der Waals surface area (Å²) in [6.45, 7) is 3.73. The molecule has 6 heteroatoms. The molecule has 0 fully saturated rings. The monoisotopic (exact) mass is 496 g/mol. The van der Waals surface area contributed by atoms with Crippen molar-refractivity contribution in [3.63, 3.8) is 0 Å². The highest BCUT2D eigenvalue weighted by Crippen LogP contribution is 2.23. The van der Waals surface area contributed by atoms with Crippen molar-refractivity contribution < 1.29 is 19.7 Å². The van der Waals surface area contributed by atoms with Crippen LogP contribution in [0.2, 0.25) is 0 Å². The highest BCUT2D eigenvalue weighted by atomic mass is 16.5. The van der Waals surface area contributed by atoms with Crippen molar-refractivity contribution in [2.75, 3.05) is 13.2 Å². The number of aliphatic hydroxyl groups excluding tert-OH is 2. The normalized spacial score (nSPS) is 11.7. The van der Waals surface area contributed by atoms with Gasteiger partial charge in [0.1, 0.15) is 5.75 Å². The lowest BCUT2D eigenvalue weighted by molar-refractivity contribution is 0.0910. The smallest absolute Gasteiger partial charge is 0.255 e. The van der Waals surface area contributed by atoms with Crippen molar-refractivity contribution in [1.29, 1.82) is 0 Å². The van der Waals surface area contributed by atoms with E-state index in [2.05, 4.69) is 22.1 Å². The average Bonchev–Trinajstić information content (AvgIpc) is 3.31. The molecule has 0 spiro atoms. The highest BCUT2D eigenvalue weighted by molar-refractivity contribution is 5.97. The third kappa shape index (κ3) is 6.79. The molecular formula is C31H32N2O4. The van der Waals surface area contributed by atoms with Crippen LogP contribution in [0.15, 0.2) is 72.9 Å². The zero-order valence-electron chi connectivity index (χ0n) is 21.1. The summed E-state index contributed by atoms with van der Waals surface area (Å²) in [5.74, 6) is 6.39. The first-order valence-electron chi connectivity index (χ1n) is 12.5. The predicted molar refractivity (Wildman–Crippen MR) is 146 cm³/mol. The van der Waals surface area contributed by atoms with Crippen LogP contribution in [0.5, 0.6) is 5.75 Å². The van der Waals surface area contributed by atoms with E-state index in [-0.39, 0.29) is 25.2 Å². The standard InChI is InChI=1S/C31H32N2O4/c1-21(2)37-30-14-13-24(12-11-22-7-9-23(10-8-22)15-16-34)17-28(30)31(36)33-26(20-35)18-25-19-32-29-6-4-3-5-27(25)29/h3-10,13-14,17,19,21,26,32,34-35H,15-16,18,20H2,1-2H3,(H,33,36)/t26-/m1/s1. The van der Waals surface area contributed by atoms with E-state index in [4.69, 9.17) is 9.84 Å². The Labute approximate surface area is 217 Å². The van der Waals surface area contributed by atoms with Gasteiger partial charge in [-0.25, -0.2) is 0 Å². The van der Waals surface area contributed by atoms with E-state index in [9.17, 15) is 9.90 Å². The van der Waals surface area contributed by atoms with Crippen molar-refractivity contribution in [3.05, 3.63) is 101 Å². The Morgan fingerprint density at radius 1 is 1.00 bits per heavy atom. The molecular weight excluding hydrogens is 464 g/mol. The molecule has 4 aromatic rings. The molecule has 1 amide bonds. The second kappa shape index (κ2) is 12.3. The Bertz CT molecular complexity index is 1410. The molecule has 6 nitrogen and oxygen atoms in total. The van der Waals surface area contributed by atoms with Gasteiger partial charge in [0.15, 0.2) is 0 Å². The van der Waals surface area contributed by atoms with Gasteiger partial charge in [-0.1, -0.05) is 42.2 Å². The van der Waals surface area contributed by atoms with Crippen molar-refractivity contribution in [2.45, 2.75) is 38.8 Å². The lowest BCUT2D eigenvalue weighted by Gasteiger charge is -2.19. The number of aromatic nitrogens is 1. The molecule has 0 aliphatic heterocycles. The fourth-order valence-corrected chi connectivity index (χ4v) is 4.16. The van der Waals surface area contributed by atoms with Gasteiger partial charge in [-0.05, 0) is 74.2 Å². The van der Waals surface area contributed by atoms with Crippen LogP contribution in [0.4, 0.5) is 0 Å². The molecule has 1 aromatic heterocycles. The second-order valence-corrected chi connectivity index (χ2v) is 9.21. The van der Waals surface area contributed by atoms with Crippen molar-refractivity contribution >= 4 is 16.8 Å². The molecule has 0 saturated carbocycles. The van der Waals surface area contributed by atoms with Crippen LogP contribution in [0.1, 0.15) is 46.5 Å². The fraction of sp³-hybridized carbons (Fsp3) is 0.258. The Morgan fingerprint density at radius 2 is 1.73 bits per heavy atom. The summed E-state index contributed by atoms with van der Waals surface area (Å²) >= 11 is 0. The zero-order valence-corrected chi connectivity index (χ0v) is 21.1. The van der Waals surface area contributed by atoms with E-state index in [1.54, 1.807) is 12.1 Å². The number of aromatic amines is 1. The van der Waals surface area contributed by atoms with Crippen LogP contribution in [-0.2, 0) is 12.8 Å². The number of H-pyrrole nitrogens is 1. The number of fused-ring (bicyclic) bond motifs is 1. The minimum absolute atomic E-state index is 0.110. The molecule has 0 saturated heterocycles. The predicted octanol–water partition coefficient (Wildman–Crippen LogP) is 4.22. The first-order valence-corrected chi connectivity index (χ1v) is 12.5. The minimum atomic E-state index is -0.467. The number of hydrogen-bond donors (Lipinski definition) is 4. The van der Waals surface area contributed by atoms with Gasteiger partial charge < -0.3 is 25.3 Å². The van der Waals surface area contributed by atoms with E-state index in [0.29, 0.717) is 29.7 Å². The summed E-state index contributed by atoms with van der Waals surface area (Å²) in [5.41, 5.74) is 4.98. The summed E-state index contributed by atoms with van der Waals surface area (Å²) in [7, 11) is 0. The summed E-state index contributed by atoms with van der Waals surface area (Å²) in [6, 6.07) is 20.5. The van der Waals surface area contributed by atoms with Gasteiger partial charge in [-0.15, -0.1) is 0 Å². The van der Waals surface area contributed by atoms with Crippen LogP contribution in [0.3, 0.4) is 0 Å². The average molecular weight is 497 g/mol. The maximum absolute atomic E-state index is 13.4. The van der Waals surface area contributed by atoms with Crippen molar-refractivity contribution in [3.8, 4) is 17.6 Å². The van der Waals surface area contributed by atoms with Gasteiger partial charge in [-0.3, -0.25) is 4.79 Å². The van der Waals surface area contributed by atoms with Gasteiger partial charge >= 0.3 is 0 Å². The number of amides is 1. The van der Waals surface area contributed by atoms with E-state index in [1.165, 1.54) is 0 Å². The topological polar surface area (TPSA) is 94.6 Å². The fourth-order valence-electron chi connectivity index (χ4n) is 4.16. The zero-order chi connectivity index (χ0) is 26.2. The molecule has 1 heterocycles. The molecule has 3 aromatic carbocycles. The molecule has 4 N–H and O–H groups in total. The third-order valence-electron chi connectivity index (χ3n) is 5.99. The Morgan fingerprint density at radius 3 is 2.46 bits per heavy atom. The van der Waals surface area contributed by atoms with Crippen LogP contribution < -0.4 is 10.1 Å².